The molecule has 0 amide bonds. The summed E-state index contributed by atoms with van der Waals surface area (Å²) in [5, 5.41) is 8.26. The first-order valence-electron chi connectivity index (χ1n) is 5.16. The Balaban J connectivity index is 2.48. The molecule has 0 aliphatic rings. The third-order valence-electron chi connectivity index (χ3n) is 2.38. The van der Waals surface area contributed by atoms with Crippen LogP contribution in [0.2, 0.25) is 5.02 Å². The number of nitrogens with zero attached hydrogens (tertiary/aromatic N) is 2. The molecule has 0 saturated carbocycles. The van der Waals surface area contributed by atoms with Crippen LogP contribution in [0.4, 0.5) is 0 Å². The summed E-state index contributed by atoms with van der Waals surface area (Å²) in [6.07, 6.45) is 1.94. The zero-order chi connectivity index (χ0) is 11.5. The van der Waals surface area contributed by atoms with Crippen molar-refractivity contribution in [2.75, 3.05) is 7.05 Å². The predicted octanol–water partition coefficient (Wildman–Crippen LogP) is 2.55. The van der Waals surface area contributed by atoms with Gasteiger partial charge in [0.1, 0.15) is 0 Å². The molecular weight excluding hydrogens is 222 g/mol. The fourth-order valence-electron chi connectivity index (χ4n) is 1.64. The Kier molecular flexibility index (Phi) is 3.27. The van der Waals surface area contributed by atoms with Gasteiger partial charge in [0.2, 0.25) is 0 Å². The van der Waals surface area contributed by atoms with Gasteiger partial charge < -0.3 is 5.32 Å². The lowest BCUT2D eigenvalue weighted by Gasteiger charge is -2.09. The fraction of sp³-hybridized carbons (Fsp3) is 0.250. The van der Waals surface area contributed by atoms with Gasteiger partial charge in [-0.15, -0.1) is 0 Å². The molecule has 0 fully saturated rings. The van der Waals surface area contributed by atoms with Crippen LogP contribution in [0.15, 0.2) is 30.5 Å². The molecule has 0 aliphatic heterocycles. The zero-order valence-corrected chi connectivity index (χ0v) is 10.1. The van der Waals surface area contributed by atoms with Gasteiger partial charge in [0, 0.05) is 17.8 Å². The van der Waals surface area contributed by atoms with E-state index in [9.17, 15) is 0 Å². The summed E-state index contributed by atoms with van der Waals surface area (Å²) in [5.74, 6) is 0. The monoisotopic (exact) mass is 235 g/mol. The second-order valence-electron chi connectivity index (χ2n) is 3.71. The number of nitrogens with one attached hydrogen (secondary N) is 1. The molecule has 0 bridgehead atoms. The second kappa shape index (κ2) is 4.68. The lowest BCUT2D eigenvalue weighted by molar-refractivity contribution is 0.785. The van der Waals surface area contributed by atoms with Crippen molar-refractivity contribution < 1.29 is 0 Å². The van der Waals surface area contributed by atoms with Gasteiger partial charge in [-0.25, -0.2) is 4.68 Å². The molecule has 0 aliphatic carbocycles. The van der Waals surface area contributed by atoms with Crippen molar-refractivity contribution in [1.82, 2.24) is 15.1 Å². The van der Waals surface area contributed by atoms with Gasteiger partial charge >= 0.3 is 0 Å². The SMILES string of the molecule is CNCc1ccc(Cl)cc1-n1ccc(C)n1. The van der Waals surface area contributed by atoms with Gasteiger partial charge in [0.15, 0.2) is 0 Å². The molecular formula is C12H14ClN3. The molecule has 0 radical (unpaired) electrons. The number of halogens is 1. The first kappa shape index (κ1) is 11.2. The highest BCUT2D eigenvalue weighted by Crippen LogP contribution is 2.19. The molecule has 0 atom stereocenters. The fourth-order valence-corrected chi connectivity index (χ4v) is 1.81. The summed E-state index contributed by atoms with van der Waals surface area (Å²) >= 11 is 6.01. The van der Waals surface area contributed by atoms with Crippen molar-refractivity contribution in [3.63, 3.8) is 0 Å². The van der Waals surface area contributed by atoms with E-state index < -0.39 is 0 Å². The first-order chi connectivity index (χ1) is 7.70. The average Bonchev–Trinajstić information content (AvgIpc) is 2.68. The highest BCUT2D eigenvalue weighted by Gasteiger charge is 2.05. The van der Waals surface area contributed by atoms with Crippen LogP contribution >= 0.6 is 11.6 Å². The van der Waals surface area contributed by atoms with Crippen molar-refractivity contribution in [3.05, 3.63) is 46.7 Å². The van der Waals surface area contributed by atoms with Gasteiger partial charge in [-0.3, -0.25) is 0 Å². The molecule has 1 N–H and O–H groups in total. The van der Waals surface area contributed by atoms with Crippen LogP contribution in [-0.2, 0) is 6.54 Å². The minimum Gasteiger partial charge on any atom is -0.316 e. The number of aryl methyl sites for hydroxylation is 1. The molecule has 3 nitrogen and oxygen atoms in total. The van der Waals surface area contributed by atoms with Gasteiger partial charge in [0.05, 0.1) is 11.4 Å². The molecule has 1 aromatic heterocycles. The van der Waals surface area contributed by atoms with E-state index in [4.69, 9.17) is 11.6 Å². The standard InChI is InChI=1S/C12H14ClN3/c1-9-5-6-16(15-9)12-7-11(13)4-3-10(12)8-14-2/h3-7,14H,8H2,1-2H3. The molecule has 2 aromatic rings. The normalized spacial score (nSPS) is 10.7. The minimum absolute atomic E-state index is 0.725. The summed E-state index contributed by atoms with van der Waals surface area (Å²) in [4.78, 5) is 0. The second-order valence-corrected chi connectivity index (χ2v) is 4.14. The van der Waals surface area contributed by atoms with Crippen molar-refractivity contribution >= 4 is 11.6 Å². The van der Waals surface area contributed by atoms with Crippen molar-refractivity contribution in [2.45, 2.75) is 13.5 Å². The van der Waals surface area contributed by atoms with Crippen LogP contribution in [0.1, 0.15) is 11.3 Å². The van der Waals surface area contributed by atoms with E-state index >= 15 is 0 Å². The van der Waals surface area contributed by atoms with E-state index in [1.54, 1.807) is 0 Å². The maximum absolute atomic E-state index is 6.01. The number of hydrogen-bond donors (Lipinski definition) is 1. The highest BCUT2D eigenvalue weighted by molar-refractivity contribution is 6.30. The Hall–Kier alpha value is -1.32. The molecule has 0 spiro atoms. The van der Waals surface area contributed by atoms with E-state index in [1.165, 1.54) is 5.56 Å². The van der Waals surface area contributed by atoms with Crippen LogP contribution < -0.4 is 5.32 Å². The minimum atomic E-state index is 0.725. The summed E-state index contributed by atoms with van der Waals surface area (Å²) in [6, 6.07) is 7.82. The van der Waals surface area contributed by atoms with E-state index in [1.807, 2.05) is 49.1 Å². The number of aromatic nitrogens is 2. The molecule has 4 heteroatoms. The molecule has 0 unspecified atom stereocenters. The topological polar surface area (TPSA) is 29.9 Å². The number of rotatable bonds is 3. The Labute approximate surface area is 100 Å². The van der Waals surface area contributed by atoms with Gasteiger partial charge in [-0.1, -0.05) is 17.7 Å². The van der Waals surface area contributed by atoms with Crippen molar-refractivity contribution in [1.29, 1.82) is 0 Å². The Morgan fingerprint density at radius 2 is 2.19 bits per heavy atom. The Bertz CT molecular complexity index is 491. The zero-order valence-electron chi connectivity index (χ0n) is 9.37. The predicted molar refractivity (Wildman–Crippen MR) is 66.1 cm³/mol. The van der Waals surface area contributed by atoms with Crippen LogP contribution in [0.3, 0.4) is 0 Å². The summed E-state index contributed by atoms with van der Waals surface area (Å²) in [6.45, 7) is 2.77. The van der Waals surface area contributed by atoms with Gasteiger partial charge in [-0.2, -0.15) is 5.10 Å². The maximum Gasteiger partial charge on any atom is 0.0705 e. The first-order valence-corrected chi connectivity index (χ1v) is 5.54. The Morgan fingerprint density at radius 3 is 2.81 bits per heavy atom. The third kappa shape index (κ3) is 2.26. The molecule has 2 rings (SSSR count). The number of benzene rings is 1. The lowest BCUT2D eigenvalue weighted by atomic mass is 10.2. The summed E-state index contributed by atoms with van der Waals surface area (Å²) in [5.41, 5.74) is 3.19. The van der Waals surface area contributed by atoms with Crippen LogP contribution in [0.25, 0.3) is 5.69 Å². The number of hydrogen-bond acceptors (Lipinski definition) is 2. The average molecular weight is 236 g/mol. The smallest absolute Gasteiger partial charge is 0.0705 e. The van der Waals surface area contributed by atoms with Gasteiger partial charge in [0.25, 0.3) is 0 Å². The van der Waals surface area contributed by atoms with Crippen LogP contribution in [0.5, 0.6) is 0 Å². The highest BCUT2D eigenvalue weighted by atomic mass is 35.5. The third-order valence-corrected chi connectivity index (χ3v) is 2.62. The molecule has 0 saturated heterocycles. The maximum atomic E-state index is 6.01. The lowest BCUT2D eigenvalue weighted by Crippen LogP contribution is -2.09. The van der Waals surface area contributed by atoms with E-state index in [0.29, 0.717) is 0 Å². The van der Waals surface area contributed by atoms with E-state index in [0.717, 1.165) is 22.9 Å². The quantitative estimate of drug-likeness (QED) is 0.886. The largest absolute Gasteiger partial charge is 0.316 e. The molecule has 16 heavy (non-hydrogen) atoms. The van der Waals surface area contributed by atoms with Crippen LogP contribution in [-0.4, -0.2) is 16.8 Å². The summed E-state index contributed by atoms with van der Waals surface area (Å²) < 4.78 is 1.86. The van der Waals surface area contributed by atoms with E-state index in [-0.39, 0.29) is 0 Å². The Morgan fingerprint density at radius 1 is 1.38 bits per heavy atom. The van der Waals surface area contributed by atoms with E-state index in [2.05, 4.69) is 10.4 Å². The van der Waals surface area contributed by atoms with Gasteiger partial charge in [-0.05, 0) is 37.7 Å². The molecule has 84 valence electrons. The molecule has 1 aromatic carbocycles. The van der Waals surface area contributed by atoms with Crippen molar-refractivity contribution in [3.8, 4) is 5.69 Å². The summed E-state index contributed by atoms with van der Waals surface area (Å²) in [7, 11) is 1.92. The van der Waals surface area contributed by atoms with Crippen LogP contribution in [0, 0.1) is 6.92 Å². The van der Waals surface area contributed by atoms with Crippen molar-refractivity contribution in [2.24, 2.45) is 0 Å². The molecule has 1 heterocycles.